The first kappa shape index (κ1) is 30.5. The summed E-state index contributed by atoms with van der Waals surface area (Å²) in [6.07, 6.45) is 0. The molecule has 0 saturated carbocycles. The lowest BCUT2D eigenvalue weighted by molar-refractivity contribution is -0.385. The fraction of sp³-hybridized carbons (Fsp3) is 0.280. The van der Waals surface area contributed by atoms with Crippen LogP contribution in [0.2, 0.25) is 0 Å². The number of nitrogens with zero attached hydrogens (tertiary/aromatic N) is 4. The maximum absolute atomic E-state index is 13.4. The van der Waals surface area contributed by atoms with Crippen LogP contribution in [0.25, 0.3) is 0 Å². The smallest absolute Gasteiger partial charge is 0.352 e. The number of rotatable bonds is 12. The average molecular weight is 663 g/mol. The first-order valence-electron chi connectivity index (χ1n) is 12.5. The number of benzene rings is 1. The van der Waals surface area contributed by atoms with Crippen molar-refractivity contribution in [3.05, 3.63) is 73.0 Å². The van der Waals surface area contributed by atoms with Gasteiger partial charge in [0.1, 0.15) is 28.2 Å². The number of fused-ring (bicyclic) bond motifs is 1. The number of nitro benzene ring substituents is 1. The second-order valence-corrected chi connectivity index (χ2v) is 13.5. The van der Waals surface area contributed by atoms with Crippen molar-refractivity contribution in [1.29, 1.82) is 0 Å². The van der Waals surface area contributed by atoms with Crippen molar-refractivity contribution in [2.24, 2.45) is 0 Å². The third-order valence-corrected chi connectivity index (χ3v) is 10.6. The van der Waals surface area contributed by atoms with Gasteiger partial charge in [-0.1, -0.05) is 41.3 Å². The molecule has 4 heterocycles. The lowest BCUT2D eigenvalue weighted by Gasteiger charge is -2.49. The second kappa shape index (κ2) is 13.1. The topological polar surface area (TPSA) is 194 Å². The minimum atomic E-state index is -1.24. The highest BCUT2D eigenvalue weighted by atomic mass is 32.2. The quantitative estimate of drug-likeness (QED) is 0.111. The molecule has 14 nitrogen and oxygen atoms in total. The van der Waals surface area contributed by atoms with Gasteiger partial charge >= 0.3 is 11.7 Å². The molecule has 3 N–H and O–H groups in total. The van der Waals surface area contributed by atoms with Crippen molar-refractivity contribution in [2.45, 2.75) is 28.7 Å². The summed E-state index contributed by atoms with van der Waals surface area (Å²) in [6.45, 7) is 1.22. The largest absolute Gasteiger partial charge is 0.477 e. The fourth-order valence-electron chi connectivity index (χ4n) is 4.31. The van der Waals surface area contributed by atoms with E-state index in [0.717, 1.165) is 5.01 Å². The molecule has 2 aliphatic heterocycles. The van der Waals surface area contributed by atoms with Crippen molar-refractivity contribution < 1.29 is 33.9 Å². The Morgan fingerprint density at radius 3 is 2.72 bits per heavy atom. The summed E-state index contributed by atoms with van der Waals surface area (Å²) >= 11 is 5.27. The van der Waals surface area contributed by atoms with E-state index in [1.807, 2.05) is 6.92 Å². The molecule has 3 aromatic rings. The summed E-state index contributed by atoms with van der Waals surface area (Å²) < 4.78 is 6.03. The Morgan fingerprint density at radius 2 is 2.05 bits per heavy atom. The third kappa shape index (κ3) is 6.66. The molecule has 0 spiro atoms. The first-order valence-corrected chi connectivity index (χ1v) is 16.2. The predicted octanol–water partition coefficient (Wildman–Crippen LogP) is 2.58. The van der Waals surface area contributed by atoms with Crippen LogP contribution in [0.5, 0.6) is 5.75 Å². The molecule has 3 atom stereocenters. The summed E-state index contributed by atoms with van der Waals surface area (Å²) in [4.78, 5) is 63.7. The normalized spacial score (nSPS) is 18.3. The summed E-state index contributed by atoms with van der Waals surface area (Å²) in [6, 6.07) is 6.72. The number of carboxylic acid groups (broad SMARTS) is 1. The molecule has 18 heteroatoms. The lowest BCUT2D eigenvalue weighted by Crippen LogP contribution is -2.71. The van der Waals surface area contributed by atoms with E-state index in [0.29, 0.717) is 26.3 Å². The van der Waals surface area contributed by atoms with E-state index in [9.17, 15) is 34.4 Å². The molecule has 2 aromatic heterocycles. The Kier molecular flexibility index (Phi) is 9.28. The van der Waals surface area contributed by atoms with Gasteiger partial charge in [0.25, 0.3) is 11.8 Å². The first-order chi connectivity index (χ1) is 20.6. The Balaban J connectivity index is 1.25. The Labute approximate surface area is 260 Å². The van der Waals surface area contributed by atoms with E-state index >= 15 is 0 Å². The average Bonchev–Trinajstić information content (AvgIpc) is 3.67. The Morgan fingerprint density at radius 1 is 1.26 bits per heavy atom. The zero-order chi connectivity index (χ0) is 30.7. The number of hydrogen-bond donors (Lipinski definition) is 3. The number of nitro groups is 1. The van der Waals surface area contributed by atoms with Gasteiger partial charge in [-0.15, -0.1) is 33.3 Å². The Hall–Kier alpha value is -4.00. The maximum atomic E-state index is 13.4. The summed E-state index contributed by atoms with van der Waals surface area (Å²) in [5, 5.41) is 36.2. The number of hydrogen-bond acceptors (Lipinski definition) is 13. The van der Waals surface area contributed by atoms with E-state index in [-0.39, 0.29) is 17.1 Å². The molecule has 3 amide bonds. The maximum Gasteiger partial charge on any atom is 0.352 e. The lowest BCUT2D eigenvalue weighted by atomic mass is 10.0. The number of aryl methyl sites for hydroxylation is 1. The molecule has 1 saturated heterocycles. The van der Waals surface area contributed by atoms with Crippen LogP contribution in [0, 0.1) is 17.0 Å². The van der Waals surface area contributed by atoms with E-state index in [4.69, 9.17) is 4.74 Å². The number of amides is 3. The number of para-hydroxylation sites is 2. The number of β-lactam (4-membered cyclic amide) rings is 1. The number of aliphatic carboxylic acids is 1. The number of ether oxygens (including phenoxy) is 1. The zero-order valence-electron chi connectivity index (χ0n) is 22.1. The van der Waals surface area contributed by atoms with Crippen LogP contribution in [-0.2, 0) is 19.2 Å². The molecule has 2 unspecified atom stereocenters. The van der Waals surface area contributed by atoms with Crippen LogP contribution in [-0.4, -0.2) is 78.3 Å². The van der Waals surface area contributed by atoms with Gasteiger partial charge in [0.15, 0.2) is 16.7 Å². The zero-order valence-corrected chi connectivity index (χ0v) is 25.4. The van der Waals surface area contributed by atoms with Gasteiger partial charge in [-0.25, -0.2) is 4.79 Å². The highest BCUT2D eigenvalue weighted by Gasteiger charge is 2.54. The SMILES string of the molecule is Cc1nnc(SCC2=C(C(=O)O)N3C(=O)C(NC(=O)C(NC(=O)COc4ccccc4[N+](=O)[O-])c4cccs4)[C@@H]3SC2)s1. The molecule has 0 aliphatic carbocycles. The third-order valence-electron chi connectivity index (χ3n) is 6.24. The molecular weight excluding hydrogens is 641 g/mol. The van der Waals surface area contributed by atoms with E-state index in [2.05, 4.69) is 20.8 Å². The molecule has 0 radical (unpaired) electrons. The van der Waals surface area contributed by atoms with E-state index in [1.54, 1.807) is 17.5 Å². The van der Waals surface area contributed by atoms with Gasteiger partial charge in [0, 0.05) is 22.4 Å². The van der Waals surface area contributed by atoms with Crippen LogP contribution in [0.15, 0.2) is 57.4 Å². The van der Waals surface area contributed by atoms with E-state index < -0.39 is 52.7 Å². The van der Waals surface area contributed by atoms with Crippen molar-refractivity contribution in [3.63, 3.8) is 0 Å². The minimum Gasteiger partial charge on any atom is -0.477 e. The molecule has 0 bridgehead atoms. The van der Waals surface area contributed by atoms with Gasteiger partial charge in [0.2, 0.25) is 5.91 Å². The molecule has 5 rings (SSSR count). The fourth-order valence-corrected chi connectivity index (χ4v) is 8.39. The molecule has 1 fully saturated rings. The van der Waals surface area contributed by atoms with Crippen molar-refractivity contribution >= 4 is 75.6 Å². The molecule has 43 heavy (non-hydrogen) atoms. The van der Waals surface area contributed by atoms with Gasteiger partial charge in [-0.05, 0) is 30.0 Å². The summed E-state index contributed by atoms with van der Waals surface area (Å²) in [5.41, 5.74) is 0.142. The molecular formula is C25H22N6O8S4. The van der Waals surface area contributed by atoms with Gasteiger partial charge in [-0.2, -0.15) is 0 Å². The number of nitrogens with one attached hydrogen (secondary N) is 2. The standard InChI is InChI=1S/C25H22N6O8S4/c1-12-28-29-25(43-12)42-11-13-10-41-23-19(22(34)30(23)20(13)24(35)36)27-21(33)18(16-7-4-8-40-16)26-17(32)9-39-15-6-3-2-5-14(15)31(37)38/h2-8,18-19,23H,9-11H2,1H3,(H,26,32)(H,27,33)(H,35,36)/t18?,19?,23-/m0/s1. The number of carboxylic acids is 1. The van der Waals surface area contributed by atoms with Crippen LogP contribution in [0.1, 0.15) is 15.9 Å². The highest BCUT2D eigenvalue weighted by Crippen LogP contribution is 2.42. The number of carbonyl (C=O) groups excluding carboxylic acids is 3. The number of thiophene rings is 1. The van der Waals surface area contributed by atoms with Crippen molar-refractivity contribution in [1.82, 2.24) is 25.7 Å². The predicted molar refractivity (Wildman–Crippen MR) is 159 cm³/mol. The summed E-state index contributed by atoms with van der Waals surface area (Å²) in [7, 11) is 0. The van der Waals surface area contributed by atoms with Crippen LogP contribution < -0.4 is 15.4 Å². The number of thioether (sulfide) groups is 2. The van der Waals surface area contributed by atoms with Gasteiger partial charge < -0.3 is 20.5 Å². The molecule has 2 aliphatic rings. The van der Waals surface area contributed by atoms with Crippen molar-refractivity contribution in [3.8, 4) is 5.75 Å². The number of carbonyl (C=O) groups is 4. The van der Waals surface area contributed by atoms with Gasteiger partial charge in [0.05, 0.1) is 4.92 Å². The monoisotopic (exact) mass is 662 g/mol. The molecule has 224 valence electrons. The molecule has 1 aromatic carbocycles. The van der Waals surface area contributed by atoms with Gasteiger partial charge in [-0.3, -0.25) is 29.4 Å². The Bertz CT molecular complexity index is 1610. The van der Waals surface area contributed by atoms with Crippen LogP contribution in [0.4, 0.5) is 5.69 Å². The van der Waals surface area contributed by atoms with E-state index in [1.165, 1.54) is 75.4 Å². The number of aromatic nitrogens is 2. The van der Waals surface area contributed by atoms with Crippen LogP contribution in [0.3, 0.4) is 0 Å². The summed E-state index contributed by atoms with van der Waals surface area (Å²) in [5.74, 6) is -2.66. The highest BCUT2D eigenvalue weighted by molar-refractivity contribution is 8.01. The van der Waals surface area contributed by atoms with Crippen LogP contribution >= 0.6 is 46.2 Å². The second-order valence-electron chi connectivity index (χ2n) is 9.06. The van der Waals surface area contributed by atoms with Crippen molar-refractivity contribution in [2.75, 3.05) is 18.1 Å². The minimum absolute atomic E-state index is 0.104.